The molecular weight excluding hydrogens is 220 g/mol. The summed E-state index contributed by atoms with van der Waals surface area (Å²) in [5.41, 5.74) is 1.23. The number of nitrogens with one attached hydrogen (secondary N) is 1. The third kappa shape index (κ3) is 2.51. The zero-order valence-corrected chi connectivity index (χ0v) is 10.6. The Kier molecular flexibility index (Phi) is 3.41. The number of nitrogens with zero attached hydrogens (tertiary/aromatic N) is 1. The van der Waals surface area contributed by atoms with Crippen molar-refractivity contribution in [2.24, 2.45) is 0 Å². The predicted molar refractivity (Wildman–Crippen MR) is 65.6 cm³/mol. The maximum Gasteiger partial charge on any atom is 0.106 e. The quantitative estimate of drug-likeness (QED) is 0.885. The van der Waals surface area contributed by atoms with Gasteiger partial charge in [-0.3, -0.25) is 0 Å². The summed E-state index contributed by atoms with van der Waals surface area (Å²) in [6.07, 6.45) is 1.83. The van der Waals surface area contributed by atoms with Gasteiger partial charge in [-0.2, -0.15) is 0 Å². The van der Waals surface area contributed by atoms with Crippen LogP contribution in [0.1, 0.15) is 35.1 Å². The molecule has 0 aliphatic carbocycles. The van der Waals surface area contributed by atoms with E-state index in [1.54, 1.807) is 11.3 Å². The maximum absolute atomic E-state index is 5.52. The predicted octanol–water partition coefficient (Wildman–Crippen LogP) is 3.20. The Bertz CT molecular complexity index is 448. The zero-order chi connectivity index (χ0) is 11.5. The third-order valence-corrected chi connectivity index (χ3v) is 3.37. The molecule has 1 atom stereocenters. The summed E-state index contributed by atoms with van der Waals surface area (Å²) in [4.78, 5) is 4.24. The topological polar surface area (TPSA) is 38.1 Å². The molecule has 0 aliphatic rings. The van der Waals surface area contributed by atoms with E-state index in [1.165, 1.54) is 5.56 Å². The van der Waals surface area contributed by atoms with Gasteiger partial charge in [0.25, 0.3) is 0 Å². The number of rotatable bonds is 4. The molecule has 0 aromatic carbocycles. The Morgan fingerprint density at radius 3 is 2.88 bits per heavy atom. The molecule has 16 heavy (non-hydrogen) atoms. The molecule has 0 aliphatic heterocycles. The Labute approximate surface area is 99.5 Å². The van der Waals surface area contributed by atoms with Gasteiger partial charge < -0.3 is 9.73 Å². The number of hydrogen-bond acceptors (Lipinski definition) is 4. The van der Waals surface area contributed by atoms with Crippen LogP contribution in [0.4, 0.5) is 0 Å². The molecule has 0 saturated carbocycles. The van der Waals surface area contributed by atoms with Crippen LogP contribution in [-0.4, -0.2) is 4.98 Å². The minimum atomic E-state index is 0.293. The highest BCUT2D eigenvalue weighted by molar-refractivity contribution is 7.09. The fraction of sp³-hybridized carbons (Fsp3) is 0.417. The van der Waals surface area contributed by atoms with Crippen LogP contribution < -0.4 is 5.32 Å². The van der Waals surface area contributed by atoms with Crippen molar-refractivity contribution in [1.82, 2.24) is 10.3 Å². The first kappa shape index (κ1) is 11.4. The molecular formula is C12H16N2OS. The minimum Gasteiger partial charge on any atom is -0.466 e. The lowest BCUT2D eigenvalue weighted by Crippen LogP contribution is -2.18. The first-order chi connectivity index (χ1) is 7.66. The number of furan rings is 1. The summed E-state index contributed by atoms with van der Waals surface area (Å²) in [6.45, 7) is 6.93. The lowest BCUT2D eigenvalue weighted by molar-refractivity contribution is 0.489. The highest BCUT2D eigenvalue weighted by atomic mass is 32.1. The van der Waals surface area contributed by atoms with Crippen LogP contribution in [0.15, 0.2) is 22.1 Å². The second-order valence-electron chi connectivity index (χ2n) is 3.90. The molecule has 0 fully saturated rings. The second-order valence-corrected chi connectivity index (χ2v) is 4.88. The SMILES string of the molecule is Cc1cc(C(C)NCc2nccs2)c(C)o1. The van der Waals surface area contributed by atoms with Crippen molar-refractivity contribution in [3.63, 3.8) is 0 Å². The van der Waals surface area contributed by atoms with Crippen LogP contribution in [0.3, 0.4) is 0 Å². The average molecular weight is 236 g/mol. The van der Waals surface area contributed by atoms with Gasteiger partial charge in [0.2, 0.25) is 0 Å². The third-order valence-electron chi connectivity index (χ3n) is 2.59. The van der Waals surface area contributed by atoms with Crippen molar-refractivity contribution in [2.75, 3.05) is 0 Å². The molecule has 1 unspecified atom stereocenters. The van der Waals surface area contributed by atoms with E-state index in [0.717, 1.165) is 23.1 Å². The Morgan fingerprint density at radius 2 is 2.31 bits per heavy atom. The normalized spacial score (nSPS) is 12.9. The zero-order valence-electron chi connectivity index (χ0n) is 9.78. The summed E-state index contributed by atoms with van der Waals surface area (Å²) in [5, 5.41) is 6.55. The largest absolute Gasteiger partial charge is 0.466 e. The Hall–Kier alpha value is -1.13. The van der Waals surface area contributed by atoms with Gasteiger partial charge in [-0.15, -0.1) is 11.3 Å². The van der Waals surface area contributed by atoms with Gasteiger partial charge in [0.1, 0.15) is 16.5 Å². The van der Waals surface area contributed by atoms with Crippen LogP contribution in [0, 0.1) is 13.8 Å². The summed E-state index contributed by atoms with van der Waals surface area (Å²) < 4.78 is 5.52. The van der Waals surface area contributed by atoms with Crippen molar-refractivity contribution < 1.29 is 4.42 Å². The lowest BCUT2D eigenvalue weighted by atomic mass is 10.1. The summed E-state index contributed by atoms with van der Waals surface area (Å²) in [6, 6.07) is 2.39. The van der Waals surface area contributed by atoms with E-state index in [4.69, 9.17) is 4.42 Å². The molecule has 0 saturated heterocycles. The van der Waals surface area contributed by atoms with Crippen LogP contribution in [0.2, 0.25) is 0 Å². The van der Waals surface area contributed by atoms with E-state index in [1.807, 2.05) is 25.4 Å². The molecule has 0 spiro atoms. The molecule has 0 amide bonds. The van der Waals surface area contributed by atoms with Crippen LogP contribution in [-0.2, 0) is 6.54 Å². The van der Waals surface area contributed by atoms with Gasteiger partial charge in [-0.1, -0.05) is 0 Å². The number of thiazole rings is 1. The molecule has 2 aromatic rings. The first-order valence-corrected chi connectivity index (χ1v) is 6.23. The van der Waals surface area contributed by atoms with Gasteiger partial charge in [0, 0.05) is 29.7 Å². The smallest absolute Gasteiger partial charge is 0.106 e. The highest BCUT2D eigenvalue weighted by Gasteiger charge is 2.12. The first-order valence-electron chi connectivity index (χ1n) is 5.35. The average Bonchev–Trinajstić information content (AvgIpc) is 2.84. The van der Waals surface area contributed by atoms with Crippen molar-refractivity contribution in [2.45, 2.75) is 33.4 Å². The van der Waals surface area contributed by atoms with Crippen molar-refractivity contribution in [1.29, 1.82) is 0 Å². The van der Waals surface area contributed by atoms with E-state index in [9.17, 15) is 0 Å². The van der Waals surface area contributed by atoms with Gasteiger partial charge in [-0.25, -0.2) is 4.98 Å². The number of aromatic nitrogens is 1. The molecule has 2 aromatic heterocycles. The Morgan fingerprint density at radius 1 is 1.50 bits per heavy atom. The highest BCUT2D eigenvalue weighted by Crippen LogP contribution is 2.21. The van der Waals surface area contributed by atoms with Crippen LogP contribution in [0.25, 0.3) is 0 Å². The van der Waals surface area contributed by atoms with Crippen LogP contribution in [0.5, 0.6) is 0 Å². The number of aryl methyl sites for hydroxylation is 2. The lowest BCUT2D eigenvalue weighted by Gasteiger charge is -2.11. The van der Waals surface area contributed by atoms with E-state index in [0.29, 0.717) is 6.04 Å². The summed E-state index contributed by atoms with van der Waals surface area (Å²) in [7, 11) is 0. The fourth-order valence-electron chi connectivity index (χ4n) is 1.77. The van der Waals surface area contributed by atoms with Crippen molar-refractivity contribution in [3.05, 3.63) is 39.7 Å². The minimum absolute atomic E-state index is 0.293. The van der Waals surface area contributed by atoms with E-state index >= 15 is 0 Å². The number of hydrogen-bond donors (Lipinski definition) is 1. The maximum atomic E-state index is 5.52. The van der Waals surface area contributed by atoms with Gasteiger partial charge in [0.05, 0.1) is 0 Å². The van der Waals surface area contributed by atoms with Crippen molar-refractivity contribution in [3.8, 4) is 0 Å². The van der Waals surface area contributed by atoms with E-state index in [-0.39, 0.29) is 0 Å². The van der Waals surface area contributed by atoms with Crippen LogP contribution >= 0.6 is 11.3 Å². The van der Waals surface area contributed by atoms with E-state index < -0.39 is 0 Å². The Balaban J connectivity index is 1.98. The van der Waals surface area contributed by atoms with Gasteiger partial charge in [-0.05, 0) is 26.8 Å². The molecule has 3 nitrogen and oxygen atoms in total. The monoisotopic (exact) mass is 236 g/mol. The summed E-state index contributed by atoms with van der Waals surface area (Å²) in [5.74, 6) is 1.96. The molecule has 4 heteroatoms. The van der Waals surface area contributed by atoms with E-state index in [2.05, 4.69) is 23.3 Å². The second kappa shape index (κ2) is 4.80. The van der Waals surface area contributed by atoms with Gasteiger partial charge >= 0.3 is 0 Å². The summed E-state index contributed by atoms with van der Waals surface area (Å²) >= 11 is 1.67. The fourth-order valence-corrected chi connectivity index (χ4v) is 2.34. The molecule has 86 valence electrons. The standard InChI is InChI=1S/C12H16N2OS/c1-8-6-11(10(3)15-8)9(2)14-7-12-13-4-5-16-12/h4-6,9,14H,7H2,1-3H3. The molecule has 0 radical (unpaired) electrons. The molecule has 2 heterocycles. The molecule has 2 rings (SSSR count). The van der Waals surface area contributed by atoms with Gasteiger partial charge in [0.15, 0.2) is 0 Å². The molecule has 1 N–H and O–H groups in total. The van der Waals surface area contributed by atoms with Crippen molar-refractivity contribution >= 4 is 11.3 Å². The molecule has 0 bridgehead atoms.